The third kappa shape index (κ3) is 4.86. The van der Waals surface area contributed by atoms with Crippen LogP contribution in [0.2, 0.25) is 0 Å². The van der Waals surface area contributed by atoms with Crippen molar-refractivity contribution < 1.29 is 22.7 Å². The summed E-state index contributed by atoms with van der Waals surface area (Å²) in [5.74, 6) is 0.314. The predicted molar refractivity (Wildman–Crippen MR) is 109 cm³/mol. The van der Waals surface area contributed by atoms with Gasteiger partial charge in [0.25, 0.3) is 0 Å². The minimum absolute atomic E-state index is 0.0770. The van der Waals surface area contributed by atoms with Crippen molar-refractivity contribution in [1.82, 2.24) is 10.2 Å². The van der Waals surface area contributed by atoms with Gasteiger partial charge in [-0.3, -0.25) is 14.4 Å². The van der Waals surface area contributed by atoms with Crippen molar-refractivity contribution in [2.75, 3.05) is 28.7 Å². The highest BCUT2D eigenvalue weighted by atomic mass is 32.2. The number of carbonyl (C=O) groups excluding carboxylic acids is 1. The maximum Gasteiger partial charge on any atom is 0.246 e. The Balaban J connectivity index is 1.76. The van der Waals surface area contributed by atoms with Crippen molar-refractivity contribution >= 4 is 49.8 Å². The summed E-state index contributed by atoms with van der Waals surface area (Å²) in [6.45, 7) is 5.27. The Kier molecular flexibility index (Phi) is 6.30. The Hall–Kier alpha value is -2.05. The van der Waals surface area contributed by atoms with E-state index in [1.165, 1.54) is 30.0 Å². The van der Waals surface area contributed by atoms with E-state index < -0.39 is 15.9 Å². The third-order valence-corrected chi connectivity index (χ3v) is 7.29. The molecule has 1 aliphatic heterocycles. The second-order valence-corrected chi connectivity index (χ2v) is 11.0. The van der Waals surface area contributed by atoms with E-state index in [1.54, 1.807) is 18.2 Å². The molecule has 0 fully saturated rings. The average Bonchev–Trinajstić information content (AvgIpc) is 3.27. The zero-order valence-electron chi connectivity index (χ0n) is 15.5. The van der Waals surface area contributed by atoms with E-state index >= 15 is 0 Å². The Morgan fingerprint density at radius 2 is 2.07 bits per heavy atom. The van der Waals surface area contributed by atoms with Crippen LogP contribution < -0.4 is 19.1 Å². The topological polar surface area (TPSA) is 111 Å². The molecule has 0 bridgehead atoms. The largest absolute Gasteiger partial charge is 0.454 e. The Morgan fingerprint density at radius 1 is 1.32 bits per heavy atom. The molecule has 1 aromatic heterocycles. The van der Waals surface area contributed by atoms with E-state index in [9.17, 15) is 13.2 Å². The maximum atomic E-state index is 12.6. The highest BCUT2D eigenvalue weighted by Gasteiger charge is 2.26. The van der Waals surface area contributed by atoms with Crippen LogP contribution in [-0.4, -0.2) is 48.9 Å². The summed E-state index contributed by atoms with van der Waals surface area (Å²) in [5.41, 5.74) is 0.328. The number of carbonyl (C=O) groups is 1. The zero-order valence-corrected chi connectivity index (χ0v) is 18.0. The molecule has 0 aliphatic carbocycles. The van der Waals surface area contributed by atoms with Gasteiger partial charge in [0.15, 0.2) is 15.8 Å². The molecule has 2 heterocycles. The Labute approximate surface area is 171 Å². The van der Waals surface area contributed by atoms with Crippen molar-refractivity contribution in [2.24, 2.45) is 0 Å². The molecule has 28 heavy (non-hydrogen) atoms. The summed E-state index contributed by atoms with van der Waals surface area (Å²) in [4.78, 5) is 12.5. The number of nitrogens with zero attached hydrogens (tertiary/aromatic N) is 3. The minimum Gasteiger partial charge on any atom is -0.454 e. The van der Waals surface area contributed by atoms with Crippen LogP contribution >= 0.6 is 23.1 Å². The summed E-state index contributed by atoms with van der Waals surface area (Å²) >= 11 is 2.78. The highest BCUT2D eigenvalue weighted by Crippen LogP contribution is 2.36. The second-order valence-electron chi connectivity index (χ2n) is 6.03. The van der Waals surface area contributed by atoms with Crippen LogP contribution in [0.4, 0.5) is 10.8 Å². The van der Waals surface area contributed by atoms with Crippen molar-refractivity contribution in [1.29, 1.82) is 0 Å². The first kappa shape index (κ1) is 20.7. The molecule has 0 saturated heterocycles. The molecule has 0 unspecified atom stereocenters. The fraction of sp³-hybridized carbons (Fsp3) is 0.438. The first-order valence-electron chi connectivity index (χ1n) is 8.48. The standard InChI is InChI=1S/C16H20N4O5S3/c1-4-28(22,23)20(11-5-6-12-13(7-11)25-9-24-12)8-14(21)17-15-18-19-16(27-15)26-10(2)3/h5-7,10H,4,8-9H2,1-3H3,(H,17,18,21). The first-order valence-corrected chi connectivity index (χ1v) is 11.8. The Morgan fingerprint density at radius 3 is 2.79 bits per heavy atom. The third-order valence-electron chi connectivity index (χ3n) is 3.62. The van der Waals surface area contributed by atoms with E-state index in [0.717, 1.165) is 8.64 Å². The number of aromatic nitrogens is 2. The molecule has 1 aromatic carbocycles. The van der Waals surface area contributed by atoms with E-state index in [1.807, 2.05) is 13.8 Å². The molecule has 1 amide bonds. The summed E-state index contributed by atoms with van der Waals surface area (Å²) in [7, 11) is -3.69. The number of benzene rings is 1. The lowest BCUT2D eigenvalue weighted by molar-refractivity contribution is -0.114. The van der Waals surface area contributed by atoms with E-state index in [2.05, 4.69) is 15.5 Å². The number of hydrogen-bond acceptors (Lipinski definition) is 9. The number of fused-ring (bicyclic) bond motifs is 1. The molecule has 1 aliphatic rings. The molecular formula is C16H20N4O5S3. The molecule has 3 rings (SSSR count). The van der Waals surface area contributed by atoms with Gasteiger partial charge in [-0.1, -0.05) is 36.9 Å². The Bertz CT molecular complexity index is 961. The summed E-state index contributed by atoms with van der Waals surface area (Å²) < 4.78 is 37.5. The quantitative estimate of drug-likeness (QED) is 0.489. The van der Waals surface area contributed by atoms with Gasteiger partial charge in [-0.15, -0.1) is 10.2 Å². The van der Waals surface area contributed by atoms with Gasteiger partial charge >= 0.3 is 0 Å². The van der Waals surface area contributed by atoms with Gasteiger partial charge in [-0.25, -0.2) is 8.42 Å². The number of ether oxygens (including phenoxy) is 2. The van der Waals surface area contributed by atoms with Gasteiger partial charge in [-0.2, -0.15) is 0 Å². The average molecular weight is 445 g/mol. The number of rotatable bonds is 8. The van der Waals surface area contributed by atoms with Gasteiger partial charge in [0.1, 0.15) is 6.54 Å². The number of amides is 1. The van der Waals surface area contributed by atoms with Crippen LogP contribution in [0.15, 0.2) is 22.5 Å². The van der Waals surface area contributed by atoms with E-state index in [4.69, 9.17) is 9.47 Å². The van der Waals surface area contributed by atoms with Crippen LogP contribution in [0, 0.1) is 0 Å². The summed E-state index contributed by atoms with van der Waals surface area (Å²) in [5, 5.41) is 11.2. The van der Waals surface area contributed by atoms with Crippen molar-refractivity contribution in [3.8, 4) is 11.5 Å². The number of anilines is 2. The molecule has 0 saturated carbocycles. The molecule has 152 valence electrons. The molecule has 12 heteroatoms. The smallest absolute Gasteiger partial charge is 0.246 e. The van der Waals surface area contributed by atoms with Gasteiger partial charge in [0.05, 0.1) is 11.4 Å². The molecule has 0 spiro atoms. The normalized spacial score (nSPS) is 13.0. The first-order chi connectivity index (χ1) is 13.3. The second kappa shape index (κ2) is 8.53. The fourth-order valence-corrected chi connectivity index (χ4v) is 5.40. The van der Waals surface area contributed by atoms with Crippen molar-refractivity contribution in [3.63, 3.8) is 0 Å². The number of nitrogens with one attached hydrogen (secondary N) is 1. The monoisotopic (exact) mass is 444 g/mol. The lowest BCUT2D eigenvalue weighted by Gasteiger charge is -2.23. The van der Waals surface area contributed by atoms with Crippen LogP contribution in [0.25, 0.3) is 0 Å². The lowest BCUT2D eigenvalue weighted by atomic mass is 10.3. The van der Waals surface area contributed by atoms with Crippen molar-refractivity contribution in [3.05, 3.63) is 18.2 Å². The van der Waals surface area contributed by atoms with Gasteiger partial charge in [0, 0.05) is 11.3 Å². The molecule has 1 N–H and O–H groups in total. The molecule has 0 atom stereocenters. The predicted octanol–water partition coefficient (Wildman–Crippen LogP) is 2.56. The summed E-state index contributed by atoms with van der Waals surface area (Å²) in [6.07, 6.45) is 0. The fourth-order valence-electron chi connectivity index (χ4n) is 2.35. The van der Waals surface area contributed by atoms with Gasteiger partial charge in [0.2, 0.25) is 27.9 Å². The summed E-state index contributed by atoms with van der Waals surface area (Å²) in [6, 6.07) is 4.75. The molecule has 9 nitrogen and oxygen atoms in total. The number of sulfonamides is 1. The molecule has 2 aromatic rings. The number of thioether (sulfide) groups is 1. The van der Waals surface area contributed by atoms with Crippen molar-refractivity contribution in [2.45, 2.75) is 30.4 Å². The molecular weight excluding hydrogens is 424 g/mol. The van der Waals surface area contributed by atoms with Crippen LogP contribution in [0.1, 0.15) is 20.8 Å². The number of hydrogen-bond donors (Lipinski definition) is 1. The lowest BCUT2D eigenvalue weighted by Crippen LogP contribution is -2.39. The van der Waals surface area contributed by atoms with E-state index in [0.29, 0.717) is 27.6 Å². The maximum absolute atomic E-state index is 12.6. The van der Waals surface area contributed by atoms with E-state index in [-0.39, 0.29) is 19.1 Å². The SMILES string of the molecule is CCS(=O)(=O)N(CC(=O)Nc1nnc(SC(C)C)s1)c1ccc2c(c1)OCO2. The minimum atomic E-state index is -3.69. The van der Waals surface area contributed by atoms with Gasteiger partial charge in [-0.05, 0) is 19.1 Å². The van der Waals surface area contributed by atoms with Crippen LogP contribution in [0.3, 0.4) is 0 Å². The zero-order chi connectivity index (χ0) is 20.3. The van der Waals surface area contributed by atoms with Crippen LogP contribution in [0.5, 0.6) is 11.5 Å². The molecule has 0 radical (unpaired) electrons. The van der Waals surface area contributed by atoms with Crippen LogP contribution in [-0.2, 0) is 14.8 Å². The van der Waals surface area contributed by atoms with Gasteiger partial charge < -0.3 is 9.47 Å². The highest BCUT2D eigenvalue weighted by molar-refractivity contribution is 8.01.